The summed E-state index contributed by atoms with van der Waals surface area (Å²) in [6, 6.07) is 1.46. The highest BCUT2D eigenvalue weighted by Crippen LogP contribution is 2.23. The first-order valence-electron chi connectivity index (χ1n) is 6.39. The van der Waals surface area contributed by atoms with E-state index in [0.29, 0.717) is 11.5 Å². The van der Waals surface area contributed by atoms with Gasteiger partial charge in [-0.2, -0.15) is 0 Å². The van der Waals surface area contributed by atoms with Gasteiger partial charge >= 0.3 is 0 Å². The molecule has 0 bridgehead atoms. The number of nitrogens with one attached hydrogen (secondary N) is 1. The topological polar surface area (TPSA) is 98.5 Å². The van der Waals surface area contributed by atoms with Gasteiger partial charge in [0, 0.05) is 12.5 Å². The number of rotatable bonds is 6. The minimum Gasteiger partial charge on any atom is -0.462 e. The van der Waals surface area contributed by atoms with Gasteiger partial charge in [-0.05, 0) is 19.9 Å². The van der Waals surface area contributed by atoms with E-state index in [1.165, 1.54) is 37.7 Å². The van der Waals surface area contributed by atoms with Gasteiger partial charge in [0.15, 0.2) is 5.76 Å². The highest BCUT2D eigenvalue weighted by Gasteiger charge is 2.24. The fourth-order valence-electron chi connectivity index (χ4n) is 1.68. The Morgan fingerprint density at radius 3 is 2.86 bits per heavy atom. The van der Waals surface area contributed by atoms with Crippen LogP contribution in [0.5, 0.6) is 0 Å². The van der Waals surface area contributed by atoms with Crippen LogP contribution in [0.15, 0.2) is 22.1 Å². The Kier molecular flexibility index (Phi) is 4.99. The second-order valence-corrected chi connectivity index (χ2v) is 7.85. The van der Waals surface area contributed by atoms with E-state index in [4.69, 9.17) is 9.15 Å². The number of hydrogen-bond donors (Lipinski definition) is 1. The molecular weight excluding hydrogens is 328 g/mol. The van der Waals surface area contributed by atoms with Gasteiger partial charge < -0.3 is 9.15 Å². The predicted octanol–water partition coefficient (Wildman–Crippen LogP) is 1.81. The zero-order valence-corrected chi connectivity index (χ0v) is 14.0. The number of thiazole rings is 1. The number of amides is 1. The summed E-state index contributed by atoms with van der Waals surface area (Å²) in [6.45, 7) is 3.31. The molecule has 1 atom stereocenters. The molecular formula is C13H16N2O5S2. The average Bonchev–Trinajstić information content (AvgIpc) is 3.06. The van der Waals surface area contributed by atoms with E-state index in [1.54, 1.807) is 5.38 Å². The fraction of sp³-hybridized carbons (Fsp3) is 0.385. The predicted molar refractivity (Wildman–Crippen MR) is 82.3 cm³/mol. The van der Waals surface area contributed by atoms with Crippen molar-refractivity contribution in [2.75, 3.05) is 13.7 Å². The van der Waals surface area contributed by atoms with Crippen LogP contribution in [-0.4, -0.2) is 38.3 Å². The van der Waals surface area contributed by atoms with Crippen molar-refractivity contribution in [1.82, 2.24) is 9.71 Å². The minimum absolute atomic E-state index is 0.00263. The summed E-state index contributed by atoms with van der Waals surface area (Å²) in [4.78, 5) is 16.2. The molecule has 2 rings (SSSR count). The molecule has 0 radical (unpaired) electrons. The lowest BCUT2D eigenvalue weighted by Gasteiger charge is -2.12. The lowest BCUT2D eigenvalue weighted by Crippen LogP contribution is -2.38. The molecule has 9 heteroatoms. The number of nitrogens with zero attached hydrogens (tertiary/aromatic N) is 1. The Balaban J connectivity index is 2.12. The normalized spacial score (nSPS) is 13.0. The maximum Gasteiger partial charge on any atom is 0.268 e. The summed E-state index contributed by atoms with van der Waals surface area (Å²) in [7, 11) is -2.41. The van der Waals surface area contributed by atoms with Crippen LogP contribution < -0.4 is 4.72 Å². The van der Waals surface area contributed by atoms with Crippen molar-refractivity contribution in [2.45, 2.75) is 19.1 Å². The fourth-order valence-corrected chi connectivity index (χ4v) is 3.17. The first-order valence-corrected chi connectivity index (χ1v) is 8.82. The molecule has 0 spiro atoms. The monoisotopic (exact) mass is 344 g/mol. The van der Waals surface area contributed by atoms with Crippen molar-refractivity contribution >= 4 is 27.3 Å². The molecule has 2 heterocycles. The van der Waals surface area contributed by atoms with Crippen molar-refractivity contribution in [2.24, 2.45) is 0 Å². The molecule has 0 aromatic carbocycles. The molecule has 0 unspecified atom stereocenters. The van der Waals surface area contributed by atoms with E-state index < -0.39 is 21.2 Å². The van der Waals surface area contributed by atoms with Crippen LogP contribution in [0.4, 0.5) is 0 Å². The maximum atomic E-state index is 12.0. The van der Waals surface area contributed by atoms with Crippen LogP contribution in [-0.2, 0) is 14.8 Å². The van der Waals surface area contributed by atoms with E-state index in [9.17, 15) is 13.2 Å². The standard InChI is InChI=1S/C13H16N2O5S2/c1-8(5-19-3)22(17,18)15-13(16)10-4-12(20-6-10)11-7-21-9(2)14-11/h4,6-8H,5H2,1-3H3,(H,15,16)/t8-/m0/s1. The lowest BCUT2D eigenvalue weighted by atomic mass is 10.3. The molecule has 1 amide bonds. The summed E-state index contributed by atoms with van der Waals surface area (Å²) < 4.78 is 35.9. The largest absolute Gasteiger partial charge is 0.462 e. The molecule has 0 saturated carbocycles. The molecule has 22 heavy (non-hydrogen) atoms. The molecule has 0 aliphatic rings. The number of aromatic nitrogens is 1. The second kappa shape index (κ2) is 6.59. The van der Waals surface area contributed by atoms with Crippen LogP contribution in [0.25, 0.3) is 11.5 Å². The first-order chi connectivity index (χ1) is 10.3. The molecule has 7 nitrogen and oxygen atoms in total. The van der Waals surface area contributed by atoms with Crippen LogP contribution in [0.2, 0.25) is 0 Å². The quantitative estimate of drug-likeness (QED) is 0.858. The van der Waals surface area contributed by atoms with Crippen LogP contribution in [0.1, 0.15) is 22.3 Å². The number of carbonyl (C=O) groups is 1. The average molecular weight is 344 g/mol. The molecule has 1 N–H and O–H groups in total. The molecule has 0 saturated heterocycles. The third-order valence-electron chi connectivity index (χ3n) is 2.90. The number of furan rings is 1. The molecule has 0 fully saturated rings. The highest BCUT2D eigenvalue weighted by molar-refractivity contribution is 7.90. The minimum atomic E-state index is -3.80. The van der Waals surface area contributed by atoms with Crippen molar-refractivity contribution in [3.63, 3.8) is 0 Å². The molecule has 0 aliphatic heterocycles. The van der Waals surface area contributed by atoms with E-state index in [1.807, 2.05) is 11.6 Å². The molecule has 2 aromatic rings. The smallest absolute Gasteiger partial charge is 0.268 e. The number of sulfonamides is 1. The molecule has 0 aliphatic carbocycles. The Hall–Kier alpha value is -1.71. The van der Waals surface area contributed by atoms with E-state index in [2.05, 4.69) is 4.98 Å². The van der Waals surface area contributed by atoms with Crippen molar-refractivity contribution in [3.8, 4) is 11.5 Å². The number of aryl methyl sites for hydroxylation is 1. The van der Waals surface area contributed by atoms with Gasteiger partial charge in [0.05, 0.1) is 17.2 Å². The van der Waals surface area contributed by atoms with E-state index in [0.717, 1.165) is 5.01 Å². The number of ether oxygens (including phenoxy) is 1. The third kappa shape index (κ3) is 3.73. The van der Waals surface area contributed by atoms with Crippen LogP contribution >= 0.6 is 11.3 Å². The van der Waals surface area contributed by atoms with Gasteiger partial charge in [-0.15, -0.1) is 11.3 Å². The van der Waals surface area contributed by atoms with Gasteiger partial charge in [-0.1, -0.05) is 0 Å². The SMILES string of the molecule is COC[C@H](C)S(=O)(=O)NC(=O)c1coc(-c2csc(C)n2)c1. The molecule has 120 valence electrons. The maximum absolute atomic E-state index is 12.0. The Morgan fingerprint density at radius 1 is 1.55 bits per heavy atom. The zero-order valence-electron chi connectivity index (χ0n) is 12.3. The van der Waals surface area contributed by atoms with Crippen LogP contribution in [0, 0.1) is 6.92 Å². The van der Waals surface area contributed by atoms with Crippen LogP contribution in [0.3, 0.4) is 0 Å². The summed E-state index contributed by atoms with van der Waals surface area (Å²) in [5, 5.41) is 1.83. The summed E-state index contributed by atoms with van der Waals surface area (Å²) >= 11 is 1.45. The van der Waals surface area contributed by atoms with Gasteiger partial charge in [0.1, 0.15) is 17.2 Å². The van der Waals surface area contributed by atoms with Gasteiger partial charge in [0.25, 0.3) is 5.91 Å². The lowest BCUT2D eigenvalue weighted by molar-refractivity contribution is 0.0980. The Labute approximate surface area is 132 Å². The Morgan fingerprint density at radius 2 is 2.27 bits per heavy atom. The summed E-state index contributed by atoms with van der Waals surface area (Å²) in [5.74, 6) is -0.332. The first kappa shape index (κ1) is 16.7. The van der Waals surface area contributed by atoms with Crippen molar-refractivity contribution in [1.29, 1.82) is 0 Å². The van der Waals surface area contributed by atoms with Gasteiger partial charge in [-0.25, -0.2) is 18.1 Å². The third-order valence-corrected chi connectivity index (χ3v) is 5.34. The highest BCUT2D eigenvalue weighted by atomic mass is 32.2. The number of carbonyl (C=O) groups excluding carboxylic acids is 1. The number of hydrogen-bond acceptors (Lipinski definition) is 7. The summed E-state index contributed by atoms with van der Waals surface area (Å²) in [5.41, 5.74) is 0.728. The van der Waals surface area contributed by atoms with E-state index in [-0.39, 0.29) is 12.2 Å². The zero-order chi connectivity index (χ0) is 16.3. The molecule has 2 aromatic heterocycles. The Bertz CT molecular complexity index is 763. The van der Waals surface area contributed by atoms with Gasteiger partial charge in [0.2, 0.25) is 10.0 Å². The summed E-state index contributed by atoms with van der Waals surface area (Å²) in [6.07, 6.45) is 1.20. The van der Waals surface area contributed by atoms with Crippen molar-refractivity contribution in [3.05, 3.63) is 28.3 Å². The van der Waals surface area contributed by atoms with Gasteiger partial charge in [-0.3, -0.25) is 4.79 Å². The van der Waals surface area contributed by atoms with Crippen molar-refractivity contribution < 1.29 is 22.4 Å². The number of methoxy groups -OCH3 is 1. The second-order valence-electron chi connectivity index (χ2n) is 4.69. The van der Waals surface area contributed by atoms with E-state index >= 15 is 0 Å².